The summed E-state index contributed by atoms with van der Waals surface area (Å²) in [6.07, 6.45) is 1.67. The van der Waals surface area contributed by atoms with E-state index in [1.807, 2.05) is 19.1 Å². The third-order valence-electron chi connectivity index (χ3n) is 4.38. The number of nitrogens with zero attached hydrogens (tertiary/aromatic N) is 2. The molecule has 2 aromatic rings. The van der Waals surface area contributed by atoms with Crippen molar-refractivity contribution in [3.8, 4) is 11.5 Å². The zero-order chi connectivity index (χ0) is 19.9. The van der Waals surface area contributed by atoms with Crippen LogP contribution in [0.25, 0.3) is 0 Å². The molecule has 29 heavy (non-hydrogen) atoms. The Hall–Kier alpha value is -1.26. The van der Waals surface area contributed by atoms with Crippen molar-refractivity contribution in [2.45, 2.75) is 33.6 Å². The third kappa shape index (κ3) is 6.89. The molecule has 0 aliphatic carbocycles. The number of hydrogen-bond acceptors (Lipinski definition) is 5. The van der Waals surface area contributed by atoms with E-state index >= 15 is 0 Å². The smallest absolute Gasteiger partial charge is 0.191 e. The van der Waals surface area contributed by atoms with E-state index in [1.165, 1.54) is 4.88 Å². The number of nitrogens with one attached hydrogen (secondary N) is 2. The lowest BCUT2D eigenvalue weighted by Crippen LogP contribution is -2.38. The summed E-state index contributed by atoms with van der Waals surface area (Å²) >= 11 is 8.06. The lowest BCUT2D eigenvalue weighted by molar-refractivity contribution is 0.171. The zero-order valence-electron chi connectivity index (χ0n) is 17.0. The fourth-order valence-electron chi connectivity index (χ4n) is 2.89. The van der Waals surface area contributed by atoms with Gasteiger partial charge in [0.25, 0.3) is 0 Å². The third-order valence-corrected chi connectivity index (χ3v) is 5.79. The number of aliphatic imine (C=N–C) groups is 1. The minimum Gasteiger partial charge on any atom is -0.486 e. The zero-order valence-corrected chi connectivity index (χ0v) is 20.9. The van der Waals surface area contributed by atoms with Crippen molar-refractivity contribution in [1.29, 1.82) is 0 Å². The summed E-state index contributed by atoms with van der Waals surface area (Å²) in [6.45, 7) is 9.58. The highest BCUT2D eigenvalue weighted by Gasteiger charge is 2.16. The van der Waals surface area contributed by atoms with Gasteiger partial charge in [0.1, 0.15) is 13.2 Å². The number of benzene rings is 1. The van der Waals surface area contributed by atoms with Gasteiger partial charge in [0, 0.05) is 30.9 Å². The van der Waals surface area contributed by atoms with Crippen LogP contribution in [0.1, 0.15) is 28.1 Å². The quantitative estimate of drug-likeness (QED) is 0.308. The van der Waals surface area contributed by atoms with E-state index in [9.17, 15) is 0 Å². The monoisotopic (exact) mass is 550 g/mol. The molecule has 2 N–H and O–H groups in total. The molecule has 0 unspecified atom stereocenters. The summed E-state index contributed by atoms with van der Waals surface area (Å²) in [4.78, 5) is 10.5. The fourth-order valence-corrected chi connectivity index (χ4v) is 4.10. The highest BCUT2D eigenvalue weighted by atomic mass is 127. The van der Waals surface area contributed by atoms with Gasteiger partial charge in [0.2, 0.25) is 0 Å². The van der Waals surface area contributed by atoms with Crippen molar-refractivity contribution in [3.63, 3.8) is 0 Å². The molecule has 0 fully saturated rings. The van der Waals surface area contributed by atoms with Crippen LogP contribution in [-0.2, 0) is 12.8 Å². The van der Waals surface area contributed by atoms with E-state index < -0.39 is 0 Å². The van der Waals surface area contributed by atoms with Gasteiger partial charge in [0.05, 0.1) is 15.7 Å². The van der Waals surface area contributed by atoms with Crippen LogP contribution in [0.5, 0.6) is 11.5 Å². The fraction of sp³-hybridized carbons (Fsp3) is 0.500. The highest BCUT2D eigenvalue weighted by molar-refractivity contribution is 14.0. The van der Waals surface area contributed by atoms with Crippen LogP contribution in [0.4, 0.5) is 0 Å². The van der Waals surface area contributed by atoms with Crippen LogP contribution in [0.2, 0.25) is 5.02 Å². The molecule has 0 atom stereocenters. The van der Waals surface area contributed by atoms with Gasteiger partial charge in [-0.1, -0.05) is 11.6 Å². The summed E-state index contributed by atoms with van der Waals surface area (Å²) in [5.41, 5.74) is 2.22. The second-order valence-electron chi connectivity index (χ2n) is 6.54. The first-order valence-electron chi connectivity index (χ1n) is 9.60. The van der Waals surface area contributed by atoms with Crippen molar-refractivity contribution < 1.29 is 9.47 Å². The average molecular weight is 551 g/mol. The molecule has 2 heterocycles. The van der Waals surface area contributed by atoms with Gasteiger partial charge in [-0.2, -0.15) is 0 Å². The van der Waals surface area contributed by atoms with E-state index in [2.05, 4.69) is 34.5 Å². The Labute approximate surface area is 198 Å². The van der Waals surface area contributed by atoms with Crippen LogP contribution in [0.15, 0.2) is 17.1 Å². The van der Waals surface area contributed by atoms with Gasteiger partial charge in [-0.05, 0) is 44.9 Å². The molecule has 6 nitrogen and oxygen atoms in total. The summed E-state index contributed by atoms with van der Waals surface area (Å²) in [6, 6.07) is 3.94. The van der Waals surface area contributed by atoms with Crippen LogP contribution in [0.3, 0.4) is 0 Å². The molecule has 9 heteroatoms. The van der Waals surface area contributed by atoms with E-state index in [1.54, 1.807) is 11.3 Å². The Bertz CT molecular complexity index is 825. The predicted molar refractivity (Wildman–Crippen MR) is 131 cm³/mol. The molecule has 0 spiro atoms. The largest absolute Gasteiger partial charge is 0.486 e. The number of rotatable bonds is 7. The summed E-state index contributed by atoms with van der Waals surface area (Å²) in [7, 11) is 0. The summed E-state index contributed by atoms with van der Waals surface area (Å²) in [5, 5.41) is 8.40. The Morgan fingerprint density at radius 2 is 2.00 bits per heavy atom. The van der Waals surface area contributed by atoms with E-state index in [-0.39, 0.29) is 24.0 Å². The molecule has 1 aromatic carbocycles. The maximum absolute atomic E-state index is 6.31. The highest BCUT2D eigenvalue weighted by Crippen LogP contribution is 2.38. The number of fused-ring (bicyclic) bond motifs is 1. The number of guanidine groups is 1. The van der Waals surface area contributed by atoms with Gasteiger partial charge in [-0.25, -0.2) is 4.98 Å². The molecule has 1 aliphatic heterocycles. The number of aryl methyl sites for hydroxylation is 2. The average Bonchev–Trinajstić information content (AvgIpc) is 2.99. The predicted octanol–water partition coefficient (Wildman–Crippen LogP) is 4.14. The maximum Gasteiger partial charge on any atom is 0.191 e. The molecule has 3 rings (SSSR count). The van der Waals surface area contributed by atoms with Crippen molar-refractivity contribution in [1.82, 2.24) is 15.6 Å². The molecule has 0 saturated heterocycles. The van der Waals surface area contributed by atoms with Crippen LogP contribution < -0.4 is 20.1 Å². The second-order valence-corrected chi connectivity index (χ2v) is 8.23. The SMILES string of the molecule is CCNC(=NCCc1nc(C)c(C)s1)NCCc1cc(Cl)c2c(c1)OCCO2.I. The number of hydrogen-bond donors (Lipinski definition) is 2. The van der Waals surface area contributed by atoms with Crippen molar-refractivity contribution in [3.05, 3.63) is 38.3 Å². The number of thiazole rings is 1. The lowest BCUT2D eigenvalue weighted by Gasteiger charge is -2.20. The first-order valence-corrected chi connectivity index (χ1v) is 10.8. The minimum atomic E-state index is 0. The number of halogens is 2. The number of ether oxygens (including phenoxy) is 2. The lowest BCUT2D eigenvalue weighted by atomic mass is 10.1. The van der Waals surface area contributed by atoms with Crippen LogP contribution in [-0.4, -0.2) is 43.8 Å². The maximum atomic E-state index is 6.31. The molecule has 1 aromatic heterocycles. The van der Waals surface area contributed by atoms with E-state index in [0.717, 1.165) is 53.9 Å². The van der Waals surface area contributed by atoms with E-state index in [4.69, 9.17) is 21.1 Å². The van der Waals surface area contributed by atoms with Crippen LogP contribution >= 0.6 is 46.9 Å². The standard InChI is InChI=1S/C20H27ClN4O2S.HI/c1-4-22-20(24-8-6-18-25-13(2)14(3)28-18)23-7-5-15-11-16(21)19-17(12-15)26-9-10-27-19;/h11-12H,4-10H2,1-3H3,(H2,22,23,24);1H. The van der Waals surface area contributed by atoms with Gasteiger partial charge < -0.3 is 20.1 Å². The molecule has 160 valence electrons. The van der Waals surface area contributed by atoms with Gasteiger partial charge in [-0.3, -0.25) is 4.99 Å². The summed E-state index contributed by atoms with van der Waals surface area (Å²) in [5.74, 6) is 2.19. The molecule has 0 saturated carbocycles. The topological polar surface area (TPSA) is 67.8 Å². The molecule has 1 aliphatic rings. The van der Waals surface area contributed by atoms with Crippen LogP contribution in [0, 0.1) is 13.8 Å². The Morgan fingerprint density at radius 1 is 1.21 bits per heavy atom. The Balaban J connectivity index is 0.00000300. The van der Waals surface area contributed by atoms with Gasteiger partial charge >= 0.3 is 0 Å². The molecule has 0 amide bonds. The van der Waals surface area contributed by atoms with E-state index in [0.29, 0.717) is 30.5 Å². The first-order chi connectivity index (χ1) is 13.6. The molecule has 0 bridgehead atoms. The molecular weight excluding hydrogens is 523 g/mol. The first kappa shape index (κ1) is 24.0. The molecule has 0 radical (unpaired) electrons. The van der Waals surface area contributed by atoms with Gasteiger partial charge in [-0.15, -0.1) is 35.3 Å². The minimum absolute atomic E-state index is 0. The number of aromatic nitrogens is 1. The second kappa shape index (κ2) is 11.8. The van der Waals surface area contributed by atoms with Gasteiger partial charge in [0.15, 0.2) is 17.5 Å². The molecular formula is C20H28ClIN4O2S. The Kier molecular flexibility index (Phi) is 9.78. The normalized spacial score (nSPS) is 13.0. The van der Waals surface area contributed by atoms with Crippen molar-refractivity contribution in [2.24, 2.45) is 4.99 Å². The Morgan fingerprint density at radius 3 is 2.72 bits per heavy atom. The van der Waals surface area contributed by atoms with Crippen molar-refractivity contribution in [2.75, 3.05) is 32.8 Å². The van der Waals surface area contributed by atoms with Crippen molar-refractivity contribution >= 4 is 52.9 Å². The summed E-state index contributed by atoms with van der Waals surface area (Å²) < 4.78 is 11.2.